The van der Waals surface area contributed by atoms with Crippen molar-refractivity contribution in [1.29, 1.82) is 0 Å². The summed E-state index contributed by atoms with van der Waals surface area (Å²) in [7, 11) is 0. The molecular weight excluding hydrogens is 312 g/mol. The van der Waals surface area contributed by atoms with Crippen LogP contribution in [0, 0.1) is 0 Å². The smallest absolute Gasteiger partial charge is 0.321 e. The van der Waals surface area contributed by atoms with Crippen LogP contribution in [0.4, 0.5) is 9.93 Å². The number of urea groups is 1. The lowest BCUT2D eigenvalue weighted by atomic mass is 10.0. The van der Waals surface area contributed by atoms with E-state index in [4.69, 9.17) is 4.74 Å². The van der Waals surface area contributed by atoms with Crippen molar-refractivity contribution in [2.45, 2.75) is 6.04 Å². The molecule has 122 valence electrons. The molecule has 1 aromatic heterocycles. The van der Waals surface area contributed by atoms with E-state index in [1.165, 1.54) is 16.9 Å². The van der Waals surface area contributed by atoms with Crippen molar-refractivity contribution in [3.05, 3.63) is 47.5 Å². The minimum absolute atomic E-state index is 0.141. The number of rotatable bonds is 5. The fourth-order valence-electron chi connectivity index (χ4n) is 2.64. The van der Waals surface area contributed by atoms with Crippen molar-refractivity contribution >= 4 is 22.5 Å². The highest BCUT2D eigenvalue weighted by Gasteiger charge is 2.23. The zero-order chi connectivity index (χ0) is 15.9. The Balaban J connectivity index is 1.62. The maximum atomic E-state index is 12.0. The largest absolute Gasteiger partial charge is 0.379 e. The number of hydrogen-bond donors (Lipinski definition) is 2. The molecule has 2 N–H and O–H groups in total. The van der Waals surface area contributed by atoms with E-state index in [2.05, 4.69) is 32.7 Å². The Morgan fingerprint density at radius 2 is 2.09 bits per heavy atom. The third-order valence-corrected chi connectivity index (χ3v) is 4.47. The topological polar surface area (TPSA) is 66.5 Å². The van der Waals surface area contributed by atoms with Crippen molar-refractivity contribution in [3.63, 3.8) is 0 Å². The SMILES string of the molecule is O=C(NC[C@@H](c1ccccc1)N1CCOCC1)Nc1nccs1. The molecule has 3 rings (SSSR count). The number of nitrogens with zero attached hydrogens (tertiary/aromatic N) is 2. The van der Waals surface area contributed by atoms with Gasteiger partial charge in [0.15, 0.2) is 5.13 Å². The summed E-state index contributed by atoms with van der Waals surface area (Å²) in [6.45, 7) is 3.75. The van der Waals surface area contributed by atoms with Gasteiger partial charge in [-0.1, -0.05) is 30.3 Å². The molecule has 1 aliphatic rings. The van der Waals surface area contributed by atoms with E-state index in [9.17, 15) is 4.79 Å². The minimum atomic E-state index is -0.228. The third kappa shape index (κ3) is 4.51. The summed E-state index contributed by atoms with van der Waals surface area (Å²) in [6, 6.07) is 10.2. The Hall–Kier alpha value is -1.96. The second kappa shape index (κ2) is 8.05. The van der Waals surface area contributed by atoms with Gasteiger partial charge in [0.2, 0.25) is 0 Å². The first-order valence-electron chi connectivity index (χ1n) is 7.64. The molecule has 0 unspecified atom stereocenters. The molecular formula is C16H20N4O2S. The number of carbonyl (C=O) groups excluding carboxylic acids is 1. The van der Waals surface area contributed by atoms with Crippen molar-refractivity contribution in [3.8, 4) is 0 Å². The van der Waals surface area contributed by atoms with E-state index in [-0.39, 0.29) is 12.1 Å². The fourth-order valence-corrected chi connectivity index (χ4v) is 3.16. The van der Waals surface area contributed by atoms with Crippen molar-refractivity contribution in [1.82, 2.24) is 15.2 Å². The molecule has 1 fully saturated rings. The van der Waals surface area contributed by atoms with E-state index in [0.29, 0.717) is 11.7 Å². The summed E-state index contributed by atoms with van der Waals surface area (Å²) < 4.78 is 5.43. The number of thiazole rings is 1. The van der Waals surface area contributed by atoms with Crippen LogP contribution in [0.25, 0.3) is 0 Å². The van der Waals surface area contributed by atoms with Crippen molar-refractivity contribution in [2.24, 2.45) is 0 Å². The van der Waals surface area contributed by atoms with Gasteiger partial charge in [0.25, 0.3) is 0 Å². The monoisotopic (exact) mass is 332 g/mol. The van der Waals surface area contributed by atoms with E-state index in [1.807, 2.05) is 23.6 Å². The molecule has 23 heavy (non-hydrogen) atoms. The molecule has 0 radical (unpaired) electrons. The lowest BCUT2D eigenvalue weighted by molar-refractivity contribution is 0.0168. The van der Waals surface area contributed by atoms with Gasteiger partial charge in [0.1, 0.15) is 0 Å². The van der Waals surface area contributed by atoms with Crippen molar-refractivity contribution < 1.29 is 9.53 Å². The lowest BCUT2D eigenvalue weighted by Gasteiger charge is -2.34. The average Bonchev–Trinajstić information content (AvgIpc) is 3.10. The number of carbonyl (C=O) groups is 1. The molecule has 0 saturated carbocycles. The summed E-state index contributed by atoms with van der Waals surface area (Å²) >= 11 is 1.40. The molecule has 2 heterocycles. The van der Waals surface area contributed by atoms with E-state index in [0.717, 1.165) is 26.3 Å². The predicted molar refractivity (Wildman–Crippen MR) is 90.7 cm³/mol. The molecule has 0 aliphatic carbocycles. The number of ether oxygens (including phenoxy) is 1. The van der Waals surface area contributed by atoms with Gasteiger partial charge in [-0.15, -0.1) is 11.3 Å². The van der Waals surface area contributed by atoms with Crippen LogP contribution in [-0.4, -0.2) is 48.8 Å². The molecule has 1 aromatic carbocycles. The van der Waals surface area contributed by atoms with Crippen LogP contribution in [0.2, 0.25) is 0 Å². The first-order chi connectivity index (χ1) is 11.3. The first kappa shape index (κ1) is 15.9. The van der Waals surface area contributed by atoms with Gasteiger partial charge in [-0.2, -0.15) is 0 Å². The van der Waals surface area contributed by atoms with Crippen LogP contribution in [0.3, 0.4) is 0 Å². The van der Waals surface area contributed by atoms with Crippen LogP contribution < -0.4 is 10.6 Å². The maximum Gasteiger partial charge on any atom is 0.321 e. The zero-order valence-corrected chi connectivity index (χ0v) is 13.6. The number of hydrogen-bond acceptors (Lipinski definition) is 5. The van der Waals surface area contributed by atoms with E-state index < -0.39 is 0 Å². The lowest BCUT2D eigenvalue weighted by Crippen LogP contribution is -2.44. The first-order valence-corrected chi connectivity index (χ1v) is 8.52. The van der Waals surface area contributed by atoms with Crippen LogP contribution in [0.5, 0.6) is 0 Å². The van der Waals surface area contributed by atoms with Gasteiger partial charge >= 0.3 is 6.03 Å². The van der Waals surface area contributed by atoms with Gasteiger partial charge in [0, 0.05) is 31.2 Å². The Bertz CT molecular complexity index is 600. The molecule has 1 aliphatic heterocycles. The zero-order valence-electron chi connectivity index (χ0n) is 12.8. The number of amides is 2. The molecule has 2 aromatic rings. The van der Waals surface area contributed by atoms with Gasteiger partial charge in [-0.3, -0.25) is 10.2 Å². The Labute approximate surface area is 139 Å². The maximum absolute atomic E-state index is 12.0. The number of aromatic nitrogens is 1. The van der Waals surface area contributed by atoms with Gasteiger partial charge in [-0.05, 0) is 5.56 Å². The predicted octanol–water partition coefficient (Wildman–Crippen LogP) is 2.34. The second-order valence-electron chi connectivity index (χ2n) is 5.25. The van der Waals surface area contributed by atoms with Crippen LogP contribution >= 0.6 is 11.3 Å². The van der Waals surface area contributed by atoms with Gasteiger partial charge < -0.3 is 10.1 Å². The highest BCUT2D eigenvalue weighted by atomic mass is 32.1. The summed E-state index contributed by atoms with van der Waals surface area (Å²) in [5.41, 5.74) is 1.20. The fraction of sp³-hybridized carbons (Fsp3) is 0.375. The standard InChI is InChI=1S/C16H20N4O2S/c21-15(19-16-17-6-11-23-16)18-12-14(13-4-2-1-3-5-13)20-7-9-22-10-8-20/h1-6,11,14H,7-10,12H2,(H2,17,18,19,21)/t14-/m0/s1. The summed E-state index contributed by atoms with van der Waals surface area (Å²) in [5.74, 6) is 0. The molecule has 2 amide bonds. The van der Waals surface area contributed by atoms with Crippen LogP contribution in [-0.2, 0) is 4.74 Å². The van der Waals surface area contributed by atoms with Crippen LogP contribution in [0.1, 0.15) is 11.6 Å². The third-order valence-electron chi connectivity index (χ3n) is 3.78. The van der Waals surface area contributed by atoms with Crippen molar-refractivity contribution in [2.75, 3.05) is 38.2 Å². The van der Waals surface area contributed by atoms with Gasteiger partial charge in [0.05, 0.1) is 19.3 Å². The average molecular weight is 332 g/mol. The molecule has 1 atom stereocenters. The number of morpholine rings is 1. The molecule has 7 heteroatoms. The molecule has 0 spiro atoms. The molecule has 1 saturated heterocycles. The minimum Gasteiger partial charge on any atom is -0.379 e. The number of anilines is 1. The highest BCUT2D eigenvalue weighted by molar-refractivity contribution is 7.13. The normalized spacial score (nSPS) is 16.7. The van der Waals surface area contributed by atoms with E-state index in [1.54, 1.807) is 6.20 Å². The summed E-state index contributed by atoms with van der Waals surface area (Å²) in [6.07, 6.45) is 1.67. The quantitative estimate of drug-likeness (QED) is 0.882. The Kier molecular flexibility index (Phi) is 5.57. The highest BCUT2D eigenvalue weighted by Crippen LogP contribution is 2.21. The summed E-state index contributed by atoms with van der Waals surface area (Å²) in [4.78, 5) is 18.4. The number of benzene rings is 1. The van der Waals surface area contributed by atoms with Crippen LogP contribution in [0.15, 0.2) is 41.9 Å². The molecule has 0 bridgehead atoms. The van der Waals surface area contributed by atoms with E-state index >= 15 is 0 Å². The number of nitrogens with one attached hydrogen (secondary N) is 2. The Morgan fingerprint density at radius 1 is 1.30 bits per heavy atom. The second-order valence-corrected chi connectivity index (χ2v) is 6.14. The Morgan fingerprint density at radius 3 is 2.78 bits per heavy atom. The molecule has 6 nitrogen and oxygen atoms in total. The summed E-state index contributed by atoms with van der Waals surface area (Å²) in [5, 5.41) is 8.13. The van der Waals surface area contributed by atoms with Gasteiger partial charge in [-0.25, -0.2) is 9.78 Å².